The Morgan fingerprint density at radius 1 is 1.45 bits per heavy atom. The number of ether oxygens (including phenoxy) is 1. The molecule has 5 nitrogen and oxygen atoms in total. The summed E-state index contributed by atoms with van der Waals surface area (Å²) in [5, 5.41) is 7.16. The first-order chi connectivity index (χ1) is 10.5. The molecule has 0 spiro atoms. The van der Waals surface area contributed by atoms with E-state index in [1.807, 2.05) is 7.05 Å². The molecule has 0 aliphatic carbocycles. The van der Waals surface area contributed by atoms with Gasteiger partial charge in [-0.2, -0.15) is 11.3 Å². The maximum Gasteiger partial charge on any atom is 0.317 e. The van der Waals surface area contributed by atoms with Crippen LogP contribution < -0.4 is 5.32 Å². The summed E-state index contributed by atoms with van der Waals surface area (Å²) in [5.41, 5.74) is 1.28. The molecular formula is C16H27N3O2S. The molecule has 1 N–H and O–H groups in total. The molecule has 1 saturated heterocycles. The highest BCUT2D eigenvalue weighted by Gasteiger charge is 2.22. The number of nitrogens with one attached hydrogen (secondary N) is 1. The van der Waals surface area contributed by atoms with E-state index in [1.54, 1.807) is 16.2 Å². The topological polar surface area (TPSA) is 44.8 Å². The van der Waals surface area contributed by atoms with Crippen LogP contribution in [0.2, 0.25) is 0 Å². The van der Waals surface area contributed by atoms with E-state index in [0.29, 0.717) is 6.54 Å². The molecule has 2 amide bonds. The number of likely N-dealkylation sites (N-methyl/N-ethyl adjacent to an activating group) is 1. The third kappa shape index (κ3) is 5.59. The molecule has 124 valence electrons. The molecule has 0 radical (unpaired) electrons. The number of carbonyl (C=O) groups excluding carboxylic acids is 1. The van der Waals surface area contributed by atoms with E-state index < -0.39 is 0 Å². The van der Waals surface area contributed by atoms with E-state index in [1.165, 1.54) is 5.56 Å². The van der Waals surface area contributed by atoms with Gasteiger partial charge in [-0.3, -0.25) is 4.90 Å². The van der Waals surface area contributed by atoms with Crippen molar-refractivity contribution in [1.29, 1.82) is 0 Å². The minimum absolute atomic E-state index is 0.00425. The lowest BCUT2D eigenvalue weighted by atomic mass is 10.2. The van der Waals surface area contributed by atoms with Crippen molar-refractivity contribution in [2.75, 3.05) is 39.8 Å². The van der Waals surface area contributed by atoms with Gasteiger partial charge in [0.05, 0.1) is 12.2 Å². The zero-order valence-corrected chi connectivity index (χ0v) is 14.6. The molecule has 6 heteroatoms. The zero-order valence-electron chi connectivity index (χ0n) is 13.7. The van der Waals surface area contributed by atoms with Crippen molar-refractivity contribution in [2.24, 2.45) is 0 Å². The van der Waals surface area contributed by atoms with Gasteiger partial charge < -0.3 is 15.0 Å². The van der Waals surface area contributed by atoms with Gasteiger partial charge >= 0.3 is 6.03 Å². The van der Waals surface area contributed by atoms with Crippen LogP contribution in [-0.2, 0) is 11.2 Å². The first kappa shape index (κ1) is 17.2. The van der Waals surface area contributed by atoms with Gasteiger partial charge in [0.1, 0.15) is 0 Å². The predicted molar refractivity (Wildman–Crippen MR) is 90.5 cm³/mol. The SMILES string of the molecule is C[C@@H]1CN(CCN(C)C(=O)NCCc2ccsc2)C[C@H](C)O1. The van der Waals surface area contributed by atoms with Gasteiger partial charge in [-0.15, -0.1) is 0 Å². The number of urea groups is 1. The second-order valence-corrected chi connectivity index (χ2v) is 6.83. The van der Waals surface area contributed by atoms with Crippen LogP contribution in [0.4, 0.5) is 4.79 Å². The standard InChI is InChI=1S/C16H27N3O2S/c1-13-10-19(11-14(2)21-13)8-7-18(3)16(20)17-6-4-15-5-9-22-12-15/h5,9,12-14H,4,6-8,10-11H2,1-3H3,(H,17,20)/t13-,14+. The van der Waals surface area contributed by atoms with Crippen molar-refractivity contribution in [3.63, 3.8) is 0 Å². The maximum absolute atomic E-state index is 12.0. The Morgan fingerprint density at radius 2 is 2.18 bits per heavy atom. The lowest BCUT2D eigenvalue weighted by Crippen LogP contribution is -2.49. The van der Waals surface area contributed by atoms with Crippen LogP contribution in [0, 0.1) is 0 Å². The largest absolute Gasteiger partial charge is 0.373 e. The summed E-state index contributed by atoms with van der Waals surface area (Å²) >= 11 is 1.69. The fraction of sp³-hybridized carbons (Fsp3) is 0.688. The van der Waals surface area contributed by atoms with Crippen LogP contribution in [0.15, 0.2) is 16.8 Å². The molecule has 2 heterocycles. The molecule has 1 aliphatic heterocycles. The van der Waals surface area contributed by atoms with Crippen molar-refractivity contribution in [2.45, 2.75) is 32.5 Å². The quantitative estimate of drug-likeness (QED) is 0.870. The van der Waals surface area contributed by atoms with Gasteiger partial charge in [0.25, 0.3) is 0 Å². The van der Waals surface area contributed by atoms with Crippen molar-refractivity contribution in [3.8, 4) is 0 Å². The summed E-state index contributed by atoms with van der Waals surface area (Å²) < 4.78 is 5.73. The van der Waals surface area contributed by atoms with Gasteiger partial charge in [-0.05, 0) is 42.7 Å². The van der Waals surface area contributed by atoms with Crippen LogP contribution in [-0.4, -0.2) is 67.8 Å². The first-order valence-corrected chi connectivity index (χ1v) is 8.86. The van der Waals surface area contributed by atoms with Crippen LogP contribution in [0.5, 0.6) is 0 Å². The average Bonchev–Trinajstić information content (AvgIpc) is 2.97. The van der Waals surface area contributed by atoms with Crippen LogP contribution in [0.3, 0.4) is 0 Å². The van der Waals surface area contributed by atoms with E-state index in [-0.39, 0.29) is 18.2 Å². The van der Waals surface area contributed by atoms with E-state index >= 15 is 0 Å². The fourth-order valence-electron chi connectivity index (χ4n) is 2.74. The summed E-state index contributed by atoms with van der Waals surface area (Å²) in [6.45, 7) is 8.41. The Kier molecular flexibility index (Phi) is 6.67. The predicted octanol–water partition coefficient (Wildman–Crippen LogP) is 2.04. The molecule has 2 rings (SSSR count). The summed E-state index contributed by atoms with van der Waals surface area (Å²) in [6, 6.07) is 2.10. The molecule has 22 heavy (non-hydrogen) atoms. The van der Waals surface area contributed by atoms with Crippen molar-refractivity contribution in [1.82, 2.24) is 15.1 Å². The minimum atomic E-state index is 0.00425. The van der Waals surface area contributed by atoms with Crippen molar-refractivity contribution < 1.29 is 9.53 Å². The van der Waals surface area contributed by atoms with E-state index in [4.69, 9.17) is 4.74 Å². The lowest BCUT2D eigenvalue weighted by Gasteiger charge is -2.36. The van der Waals surface area contributed by atoms with Crippen LogP contribution >= 0.6 is 11.3 Å². The van der Waals surface area contributed by atoms with Gasteiger partial charge in [0.2, 0.25) is 0 Å². The highest BCUT2D eigenvalue weighted by molar-refractivity contribution is 7.07. The average molecular weight is 325 g/mol. The highest BCUT2D eigenvalue weighted by atomic mass is 32.1. The second kappa shape index (κ2) is 8.50. The molecule has 1 aromatic rings. The van der Waals surface area contributed by atoms with Crippen LogP contribution in [0.1, 0.15) is 19.4 Å². The molecule has 2 atom stereocenters. The molecule has 0 bridgehead atoms. The molecule has 0 unspecified atom stereocenters. The third-order valence-corrected chi connectivity index (χ3v) is 4.60. The number of rotatable bonds is 6. The van der Waals surface area contributed by atoms with Gasteiger partial charge in [0, 0.05) is 39.8 Å². The Balaban J connectivity index is 1.63. The zero-order chi connectivity index (χ0) is 15.9. The smallest absolute Gasteiger partial charge is 0.317 e. The Bertz CT molecular complexity index is 442. The molecule has 0 saturated carbocycles. The Morgan fingerprint density at radius 3 is 2.82 bits per heavy atom. The van der Waals surface area contributed by atoms with E-state index in [9.17, 15) is 4.79 Å². The summed E-state index contributed by atoms with van der Waals surface area (Å²) in [7, 11) is 1.85. The first-order valence-electron chi connectivity index (χ1n) is 7.92. The van der Waals surface area contributed by atoms with Crippen molar-refractivity contribution >= 4 is 17.4 Å². The fourth-order valence-corrected chi connectivity index (χ4v) is 3.45. The van der Waals surface area contributed by atoms with Crippen molar-refractivity contribution in [3.05, 3.63) is 22.4 Å². The van der Waals surface area contributed by atoms with Gasteiger partial charge in [-0.1, -0.05) is 0 Å². The third-order valence-electron chi connectivity index (χ3n) is 3.86. The molecule has 1 fully saturated rings. The summed E-state index contributed by atoms with van der Waals surface area (Å²) in [4.78, 5) is 16.2. The number of nitrogens with zero attached hydrogens (tertiary/aromatic N) is 2. The number of carbonyl (C=O) groups is 1. The second-order valence-electron chi connectivity index (χ2n) is 6.05. The molecule has 1 aromatic heterocycles. The van der Waals surface area contributed by atoms with E-state index in [0.717, 1.165) is 32.6 Å². The van der Waals surface area contributed by atoms with E-state index in [2.05, 4.69) is 40.9 Å². The van der Waals surface area contributed by atoms with Gasteiger partial charge in [-0.25, -0.2) is 4.79 Å². The molecule has 1 aliphatic rings. The minimum Gasteiger partial charge on any atom is -0.373 e. The summed E-state index contributed by atoms with van der Waals surface area (Å²) in [5.74, 6) is 0. The highest BCUT2D eigenvalue weighted by Crippen LogP contribution is 2.10. The summed E-state index contributed by atoms with van der Waals surface area (Å²) in [6.07, 6.45) is 1.43. The number of hydrogen-bond acceptors (Lipinski definition) is 4. The number of hydrogen-bond donors (Lipinski definition) is 1. The number of thiophene rings is 1. The van der Waals surface area contributed by atoms with Gasteiger partial charge in [0.15, 0.2) is 0 Å². The molecule has 0 aromatic carbocycles. The Labute approximate surface area is 137 Å². The number of morpholine rings is 1. The number of amides is 2. The Hall–Kier alpha value is -1.11. The monoisotopic (exact) mass is 325 g/mol. The van der Waals surface area contributed by atoms with Crippen LogP contribution in [0.25, 0.3) is 0 Å². The lowest BCUT2D eigenvalue weighted by molar-refractivity contribution is -0.0684. The normalized spacial score (nSPS) is 22.5. The maximum atomic E-state index is 12.0. The molecular weight excluding hydrogens is 298 g/mol.